The van der Waals surface area contributed by atoms with Gasteiger partial charge in [0.15, 0.2) is 5.96 Å². The van der Waals surface area contributed by atoms with Gasteiger partial charge in [0, 0.05) is 39.8 Å². The smallest absolute Gasteiger partial charge is 0.191 e. The molecule has 0 bridgehead atoms. The third-order valence-corrected chi connectivity index (χ3v) is 4.74. The molecule has 158 valence electrons. The van der Waals surface area contributed by atoms with Crippen molar-refractivity contribution in [3.8, 4) is 11.5 Å². The molecule has 2 N–H and O–H groups in total. The van der Waals surface area contributed by atoms with Crippen LogP contribution in [0, 0.1) is 5.92 Å². The molecule has 1 heterocycles. The largest absolute Gasteiger partial charge is 0.497 e. The van der Waals surface area contributed by atoms with Gasteiger partial charge in [0.05, 0.1) is 26.9 Å². The molecule has 28 heavy (non-hydrogen) atoms. The Kier molecular flexibility index (Phi) is 9.37. The number of nitrogens with zero attached hydrogens (tertiary/aromatic N) is 2. The predicted octanol–water partition coefficient (Wildman–Crippen LogP) is 1.77. The summed E-state index contributed by atoms with van der Waals surface area (Å²) in [6, 6.07) is 5.85. The second-order valence-corrected chi connectivity index (χ2v) is 7.45. The molecule has 0 aromatic heterocycles. The molecule has 1 unspecified atom stereocenters. The lowest BCUT2D eigenvalue weighted by molar-refractivity contribution is -0.0284. The first-order chi connectivity index (χ1) is 13.5. The molecule has 1 aromatic rings. The number of benzene rings is 1. The molecule has 0 aliphatic carbocycles. The minimum atomic E-state index is 0.185. The van der Waals surface area contributed by atoms with E-state index in [4.69, 9.17) is 14.2 Å². The highest BCUT2D eigenvalue weighted by Crippen LogP contribution is 2.24. The van der Waals surface area contributed by atoms with Crippen molar-refractivity contribution < 1.29 is 14.2 Å². The van der Waals surface area contributed by atoms with Gasteiger partial charge in [-0.1, -0.05) is 13.8 Å². The molecule has 1 aliphatic rings. The first-order valence-electron chi connectivity index (χ1n) is 10.0. The predicted molar refractivity (Wildman–Crippen MR) is 114 cm³/mol. The van der Waals surface area contributed by atoms with Crippen molar-refractivity contribution in [2.24, 2.45) is 10.9 Å². The van der Waals surface area contributed by atoms with E-state index < -0.39 is 0 Å². The molecular formula is C21H36N4O3. The zero-order valence-electron chi connectivity index (χ0n) is 18.0. The number of nitrogens with one attached hydrogen (secondary N) is 2. The molecule has 0 spiro atoms. The lowest BCUT2D eigenvalue weighted by Gasteiger charge is -2.34. The van der Waals surface area contributed by atoms with Gasteiger partial charge in [-0.3, -0.25) is 9.89 Å². The summed E-state index contributed by atoms with van der Waals surface area (Å²) in [7, 11) is 5.14. The van der Waals surface area contributed by atoms with Crippen LogP contribution in [0.5, 0.6) is 11.5 Å². The minimum absolute atomic E-state index is 0.185. The molecule has 1 aliphatic heterocycles. The van der Waals surface area contributed by atoms with E-state index in [2.05, 4.69) is 34.4 Å². The monoisotopic (exact) mass is 392 g/mol. The second-order valence-electron chi connectivity index (χ2n) is 7.45. The summed E-state index contributed by atoms with van der Waals surface area (Å²) in [6.07, 6.45) is 0.993. The van der Waals surface area contributed by atoms with Crippen LogP contribution in [0.1, 0.15) is 19.4 Å². The molecule has 0 amide bonds. The van der Waals surface area contributed by atoms with E-state index in [9.17, 15) is 0 Å². The standard InChI is InChI=1S/C21H36N4O3/c1-16(2)14-25-10-11-28-19(15-25)13-24-21(22-3)23-9-8-17-12-18(26-4)6-7-20(17)27-5/h6-7,12,16,19H,8-11,13-15H2,1-5H3,(H2,22,23,24). The van der Waals surface area contributed by atoms with Crippen LogP contribution >= 0.6 is 0 Å². The van der Waals surface area contributed by atoms with Crippen molar-refractivity contribution in [2.45, 2.75) is 26.4 Å². The van der Waals surface area contributed by atoms with Crippen molar-refractivity contribution in [1.29, 1.82) is 0 Å². The molecule has 0 saturated carbocycles. The molecule has 0 radical (unpaired) electrons. The highest BCUT2D eigenvalue weighted by molar-refractivity contribution is 5.79. The maximum Gasteiger partial charge on any atom is 0.191 e. The number of aliphatic imine (C=N–C) groups is 1. The number of ether oxygens (including phenoxy) is 3. The van der Waals surface area contributed by atoms with Crippen LogP contribution in [-0.2, 0) is 11.2 Å². The van der Waals surface area contributed by atoms with E-state index in [0.717, 1.165) is 68.8 Å². The maximum absolute atomic E-state index is 5.90. The normalized spacial score (nSPS) is 18.2. The minimum Gasteiger partial charge on any atom is -0.497 e. The van der Waals surface area contributed by atoms with Crippen LogP contribution in [0.25, 0.3) is 0 Å². The van der Waals surface area contributed by atoms with Crippen LogP contribution in [0.4, 0.5) is 0 Å². The maximum atomic E-state index is 5.90. The van der Waals surface area contributed by atoms with Gasteiger partial charge in [-0.05, 0) is 36.1 Å². The summed E-state index contributed by atoms with van der Waals surface area (Å²) in [5.41, 5.74) is 1.10. The van der Waals surface area contributed by atoms with E-state index in [1.165, 1.54) is 0 Å². The highest BCUT2D eigenvalue weighted by Gasteiger charge is 2.21. The number of hydrogen-bond acceptors (Lipinski definition) is 5. The van der Waals surface area contributed by atoms with Gasteiger partial charge in [-0.2, -0.15) is 0 Å². The van der Waals surface area contributed by atoms with Gasteiger partial charge in [-0.25, -0.2) is 0 Å². The van der Waals surface area contributed by atoms with Gasteiger partial charge in [0.1, 0.15) is 11.5 Å². The average molecular weight is 393 g/mol. The molecule has 2 rings (SSSR count). The molecule has 1 atom stereocenters. The van der Waals surface area contributed by atoms with Crippen molar-refractivity contribution >= 4 is 5.96 Å². The fraction of sp³-hybridized carbons (Fsp3) is 0.667. The van der Waals surface area contributed by atoms with E-state index in [1.54, 1.807) is 21.3 Å². The number of methoxy groups -OCH3 is 2. The summed E-state index contributed by atoms with van der Waals surface area (Å²) in [4.78, 5) is 6.79. The highest BCUT2D eigenvalue weighted by atomic mass is 16.5. The van der Waals surface area contributed by atoms with Crippen LogP contribution in [0.2, 0.25) is 0 Å². The summed E-state index contributed by atoms with van der Waals surface area (Å²) in [5.74, 6) is 3.16. The van der Waals surface area contributed by atoms with E-state index >= 15 is 0 Å². The molecule has 1 fully saturated rings. The summed E-state index contributed by atoms with van der Waals surface area (Å²) < 4.78 is 16.7. The number of rotatable bonds is 9. The van der Waals surface area contributed by atoms with Crippen molar-refractivity contribution in [3.05, 3.63) is 23.8 Å². The Morgan fingerprint density at radius 2 is 2.11 bits per heavy atom. The van der Waals surface area contributed by atoms with Crippen LogP contribution in [0.3, 0.4) is 0 Å². The van der Waals surface area contributed by atoms with Crippen molar-refractivity contribution in [1.82, 2.24) is 15.5 Å². The number of hydrogen-bond donors (Lipinski definition) is 2. The molecule has 7 heteroatoms. The third-order valence-electron chi connectivity index (χ3n) is 4.74. The second kappa shape index (κ2) is 11.8. The number of morpholine rings is 1. The lowest BCUT2D eigenvalue weighted by Crippen LogP contribution is -2.50. The Morgan fingerprint density at radius 3 is 2.79 bits per heavy atom. The van der Waals surface area contributed by atoms with Crippen molar-refractivity contribution in [3.63, 3.8) is 0 Å². The van der Waals surface area contributed by atoms with Gasteiger partial charge >= 0.3 is 0 Å². The van der Waals surface area contributed by atoms with Gasteiger partial charge in [0.2, 0.25) is 0 Å². The molecule has 1 saturated heterocycles. The van der Waals surface area contributed by atoms with E-state index in [0.29, 0.717) is 5.92 Å². The molecule has 7 nitrogen and oxygen atoms in total. The summed E-state index contributed by atoms with van der Waals surface area (Å²) in [6.45, 7) is 9.89. The van der Waals surface area contributed by atoms with Gasteiger partial charge in [-0.15, -0.1) is 0 Å². The van der Waals surface area contributed by atoms with E-state index in [1.807, 2.05) is 18.2 Å². The molecular weight excluding hydrogens is 356 g/mol. The van der Waals surface area contributed by atoms with E-state index in [-0.39, 0.29) is 6.10 Å². The fourth-order valence-electron chi connectivity index (χ4n) is 3.41. The first-order valence-corrected chi connectivity index (χ1v) is 10.0. The quantitative estimate of drug-likeness (QED) is 0.493. The number of guanidine groups is 1. The van der Waals surface area contributed by atoms with Crippen LogP contribution in [0.15, 0.2) is 23.2 Å². The summed E-state index contributed by atoms with van der Waals surface area (Å²) in [5, 5.41) is 6.74. The average Bonchev–Trinajstić information content (AvgIpc) is 2.70. The summed E-state index contributed by atoms with van der Waals surface area (Å²) >= 11 is 0. The third kappa shape index (κ3) is 7.20. The Balaban J connectivity index is 1.77. The Labute approximate surface area is 169 Å². The SMILES string of the molecule is CN=C(NCCc1cc(OC)ccc1OC)NCC1CN(CC(C)C)CCO1. The molecule has 1 aromatic carbocycles. The first kappa shape index (κ1) is 22.3. The Hall–Kier alpha value is -1.99. The van der Waals surface area contributed by atoms with Gasteiger partial charge < -0.3 is 24.8 Å². The zero-order chi connectivity index (χ0) is 20.4. The Morgan fingerprint density at radius 1 is 1.29 bits per heavy atom. The lowest BCUT2D eigenvalue weighted by atomic mass is 10.1. The van der Waals surface area contributed by atoms with Crippen molar-refractivity contribution in [2.75, 3.05) is 60.6 Å². The zero-order valence-corrected chi connectivity index (χ0v) is 18.0. The van der Waals surface area contributed by atoms with Crippen LogP contribution in [-0.4, -0.2) is 77.6 Å². The van der Waals surface area contributed by atoms with Gasteiger partial charge in [0.25, 0.3) is 0 Å². The Bertz CT molecular complexity index is 622. The fourth-order valence-corrected chi connectivity index (χ4v) is 3.41. The van der Waals surface area contributed by atoms with Crippen LogP contribution < -0.4 is 20.1 Å². The topological polar surface area (TPSA) is 67.4 Å².